The summed E-state index contributed by atoms with van der Waals surface area (Å²) in [5.74, 6) is 0.323. The maximum atomic E-state index is 13.6. The number of hydrogen-bond donors (Lipinski definition) is 0. The zero-order valence-corrected chi connectivity index (χ0v) is 26.9. The number of benzene rings is 1. The van der Waals surface area contributed by atoms with Gasteiger partial charge in [-0.05, 0) is 41.2 Å². The van der Waals surface area contributed by atoms with Gasteiger partial charge in [-0.25, -0.2) is 0 Å². The van der Waals surface area contributed by atoms with E-state index < -0.39 is 21.6 Å². The number of amides is 1. The minimum Gasteiger partial charge on any atom is -0.540 e. The molecular formula is C27H48N2O6Si2. The van der Waals surface area contributed by atoms with Crippen LogP contribution in [0.1, 0.15) is 79.1 Å². The Labute approximate surface area is 225 Å². The Bertz CT molecular complexity index is 966. The molecule has 1 saturated heterocycles. The Hall–Kier alpha value is -1.92. The fourth-order valence-corrected chi connectivity index (χ4v) is 11.5. The second-order valence-electron chi connectivity index (χ2n) is 12.7. The second-order valence-corrected chi connectivity index (χ2v) is 22.9. The van der Waals surface area contributed by atoms with Gasteiger partial charge in [0.25, 0.3) is 19.9 Å². The molecule has 0 aliphatic carbocycles. The zero-order valence-electron chi connectivity index (χ0n) is 24.9. The molecule has 1 aromatic rings. The maximum absolute atomic E-state index is 13.6. The minimum absolute atomic E-state index is 0.0251. The smallest absolute Gasteiger partial charge is 0.286 e. The van der Waals surface area contributed by atoms with Crippen molar-refractivity contribution >= 4 is 28.2 Å². The molecule has 37 heavy (non-hydrogen) atoms. The van der Waals surface area contributed by atoms with Gasteiger partial charge in [0.05, 0.1) is 30.7 Å². The van der Waals surface area contributed by atoms with Crippen molar-refractivity contribution in [2.45, 2.75) is 110 Å². The van der Waals surface area contributed by atoms with Crippen LogP contribution in [0, 0.1) is 10.1 Å². The van der Waals surface area contributed by atoms with Gasteiger partial charge in [0, 0.05) is 12.6 Å². The Morgan fingerprint density at radius 1 is 1.08 bits per heavy atom. The number of hydrogen-bond acceptors (Lipinski definition) is 6. The molecule has 10 heteroatoms. The van der Waals surface area contributed by atoms with Crippen LogP contribution in [0.5, 0.6) is 11.5 Å². The Morgan fingerprint density at radius 2 is 1.62 bits per heavy atom. The first-order valence-corrected chi connectivity index (χ1v) is 18.5. The molecular weight excluding hydrogens is 504 g/mol. The van der Waals surface area contributed by atoms with E-state index in [0.29, 0.717) is 24.7 Å². The summed E-state index contributed by atoms with van der Waals surface area (Å²) in [6.45, 7) is 24.8. The summed E-state index contributed by atoms with van der Waals surface area (Å²) < 4.78 is 18.7. The number of nitro groups is 1. The highest BCUT2D eigenvalue weighted by Gasteiger charge is 2.48. The van der Waals surface area contributed by atoms with Gasteiger partial charge in [-0.15, -0.1) is 0 Å². The van der Waals surface area contributed by atoms with Crippen molar-refractivity contribution in [3.63, 3.8) is 0 Å². The molecule has 0 unspecified atom stereocenters. The molecule has 210 valence electrons. The van der Waals surface area contributed by atoms with Crippen molar-refractivity contribution in [2.75, 3.05) is 20.3 Å². The molecule has 1 aliphatic rings. The average Bonchev–Trinajstić information content (AvgIpc) is 2.74. The number of nitrogens with zero attached hydrogens (tertiary/aromatic N) is 2. The van der Waals surface area contributed by atoms with Crippen LogP contribution in [0.15, 0.2) is 12.1 Å². The quantitative estimate of drug-likeness (QED) is 0.161. The van der Waals surface area contributed by atoms with Crippen molar-refractivity contribution in [3.8, 4) is 11.5 Å². The van der Waals surface area contributed by atoms with Crippen LogP contribution in [0.4, 0.5) is 5.69 Å². The molecule has 0 bridgehead atoms. The van der Waals surface area contributed by atoms with Crippen LogP contribution in [0.25, 0.3) is 0 Å². The van der Waals surface area contributed by atoms with E-state index in [9.17, 15) is 14.9 Å². The molecule has 1 amide bonds. The lowest BCUT2D eigenvalue weighted by atomic mass is 10.0. The SMILES string of the molecule is COc1cc(C(=O)N2CC[C@H]2CO[Si](C)(C)C(C)(C)C)c([N+](=O)[O-])cc1O[Si](C(C)C)(C(C)C)C(C)C. The summed E-state index contributed by atoms with van der Waals surface area (Å²) in [4.78, 5) is 26.9. The normalized spacial score (nSPS) is 16.8. The molecule has 0 aromatic heterocycles. The van der Waals surface area contributed by atoms with Crippen molar-refractivity contribution in [1.29, 1.82) is 0 Å². The number of rotatable bonds is 11. The topological polar surface area (TPSA) is 91.1 Å². The summed E-state index contributed by atoms with van der Waals surface area (Å²) in [5, 5.41) is 12.2. The van der Waals surface area contributed by atoms with E-state index in [0.717, 1.165) is 6.42 Å². The monoisotopic (exact) mass is 552 g/mol. The van der Waals surface area contributed by atoms with E-state index in [1.807, 2.05) is 0 Å². The molecule has 2 rings (SSSR count). The van der Waals surface area contributed by atoms with Gasteiger partial charge in [0.1, 0.15) is 5.56 Å². The summed E-state index contributed by atoms with van der Waals surface area (Å²) in [7, 11) is -2.87. The molecule has 1 atom stereocenters. The lowest BCUT2D eigenvalue weighted by Crippen LogP contribution is -2.55. The number of carbonyl (C=O) groups is 1. The number of carbonyl (C=O) groups excluding carboxylic acids is 1. The molecule has 0 radical (unpaired) electrons. The molecule has 1 aliphatic heterocycles. The van der Waals surface area contributed by atoms with Crippen LogP contribution in [-0.4, -0.2) is 58.7 Å². The second kappa shape index (κ2) is 11.4. The summed E-state index contributed by atoms with van der Waals surface area (Å²) in [5.41, 5.74) is 0.606. The maximum Gasteiger partial charge on any atom is 0.286 e. The van der Waals surface area contributed by atoms with Crippen molar-refractivity contribution < 1.29 is 23.3 Å². The fourth-order valence-electron chi connectivity index (χ4n) is 5.21. The standard InChI is InChI=1S/C27H48N2O6Si2/c1-18(2)37(19(3)4,20(5)6)35-25-16-23(29(31)32)22(15-24(25)33-10)26(30)28-14-13-21(28)17-34-36(11,12)27(7,8)9/h15-16,18-21H,13-14,17H2,1-12H3/t21-/m0/s1. The lowest BCUT2D eigenvalue weighted by molar-refractivity contribution is -0.385. The van der Waals surface area contributed by atoms with Crippen molar-refractivity contribution in [2.24, 2.45) is 0 Å². The van der Waals surface area contributed by atoms with E-state index in [1.54, 1.807) is 4.90 Å². The first-order chi connectivity index (χ1) is 16.9. The number of ether oxygens (including phenoxy) is 1. The minimum atomic E-state index is -2.40. The largest absolute Gasteiger partial charge is 0.540 e. The first-order valence-electron chi connectivity index (χ1n) is 13.4. The van der Waals surface area contributed by atoms with Crippen LogP contribution in [0.3, 0.4) is 0 Å². The number of nitro benzene ring substituents is 1. The third-order valence-corrected chi connectivity index (χ3v) is 19.0. The van der Waals surface area contributed by atoms with Crippen LogP contribution in [0.2, 0.25) is 34.8 Å². The van der Waals surface area contributed by atoms with E-state index in [2.05, 4.69) is 75.4 Å². The van der Waals surface area contributed by atoms with Gasteiger partial charge in [-0.3, -0.25) is 14.9 Å². The van der Waals surface area contributed by atoms with Gasteiger partial charge in [-0.1, -0.05) is 62.3 Å². The molecule has 1 aromatic carbocycles. The molecule has 0 saturated carbocycles. The third kappa shape index (κ3) is 6.22. The Kier molecular flexibility index (Phi) is 9.69. The lowest BCUT2D eigenvalue weighted by Gasteiger charge is -2.44. The predicted molar refractivity (Wildman–Crippen MR) is 154 cm³/mol. The molecule has 1 heterocycles. The summed E-state index contributed by atoms with van der Waals surface area (Å²) in [6, 6.07) is 2.79. The highest BCUT2D eigenvalue weighted by Crippen LogP contribution is 2.46. The summed E-state index contributed by atoms with van der Waals surface area (Å²) in [6.07, 6.45) is 0.817. The van der Waals surface area contributed by atoms with Crippen LogP contribution >= 0.6 is 0 Å². The Morgan fingerprint density at radius 3 is 2.00 bits per heavy atom. The van der Waals surface area contributed by atoms with E-state index in [1.165, 1.54) is 19.2 Å². The van der Waals surface area contributed by atoms with Gasteiger partial charge in [0.2, 0.25) is 0 Å². The van der Waals surface area contributed by atoms with E-state index in [-0.39, 0.29) is 44.9 Å². The third-order valence-electron chi connectivity index (χ3n) is 8.55. The van der Waals surface area contributed by atoms with Gasteiger partial charge in [-0.2, -0.15) is 0 Å². The van der Waals surface area contributed by atoms with E-state index in [4.69, 9.17) is 13.6 Å². The molecule has 8 nitrogen and oxygen atoms in total. The Balaban J connectivity index is 2.43. The van der Waals surface area contributed by atoms with Crippen LogP contribution in [-0.2, 0) is 4.43 Å². The number of likely N-dealkylation sites (tertiary alicyclic amines) is 1. The highest BCUT2D eigenvalue weighted by molar-refractivity contribution is 6.78. The number of methoxy groups -OCH3 is 1. The fraction of sp³-hybridized carbons (Fsp3) is 0.741. The zero-order chi connectivity index (χ0) is 28.5. The van der Waals surface area contributed by atoms with Crippen molar-refractivity contribution in [1.82, 2.24) is 4.90 Å². The van der Waals surface area contributed by atoms with Gasteiger partial charge in [0.15, 0.2) is 19.8 Å². The van der Waals surface area contributed by atoms with Gasteiger partial charge < -0.3 is 18.5 Å². The highest BCUT2D eigenvalue weighted by atomic mass is 28.4. The average molecular weight is 553 g/mol. The van der Waals surface area contributed by atoms with Gasteiger partial charge >= 0.3 is 0 Å². The molecule has 1 fully saturated rings. The molecule has 0 spiro atoms. The predicted octanol–water partition coefficient (Wildman–Crippen LogP) is 7.39. The van der Waals surface area contributed by atoms with Crippen LogP contribution < -0.4 is 9.16 Å². The first kappa shape index (κ1) is 31.3. The summed E-state index contributed by atoms with van der Waals surface area (Å²) >= 11 is 0. The van der Waals surface area contributed by atoms with Crippen molar-refractivity contribution in [3.05, 3.63) is 27.8 Å². The van der Waals surface area contributed by atoms with E-state index >= 15 is 0 Å². The molecule has 0 N–H and O–H groups in total.